The lowest BCUT2D eigenvalue weighted by Gasteiger charge is -2.08. The maximum absolute atomic E-state index is 12.0. The minimum atomic E-state index is -0.250. The molecular formula is C13H15Cl2N5OS. The number of nitrogens with zero attached hydrogens (tertiary/aromatic N) is 3. The lowest BCUT2D eigenvalue weighted by molar-refractivity contribution is -0.113. The van der Waals surface area contributed by atoms with Gasteiger partial charge in [-0.1, -0.05) is 48.0 Å². The van der Waals surface area contributed by atoms with Crippen LogP contribution in [0.3, 0.4) is 0 Å². The Morgan fingerprint density at radius 1 is 1.36 bits per heavy atom. The normalized spacial score (nSPS) is 10.7. The molecule has 0 saturated heterocycles. The van der Waals surface area contributed by atoms with E-state index in [1.165, 1.54) is 16.4 Å². The van der Waals surface area contributed by atoms with E-state index in [2.05, 4.69) is 15.5 Å². The number of nitrogen functional groups attached to an aromatic ring is 1. The quantitative estimate of drug-likeness (QED) is 0.611. The van der Waals surface area contributed by atoms with Gasteiger partial charge in [-0.15, -0.1) is 10.2 Å². The maximum Gasteiger partial charge on any atom is 0.234 e. The fourth-order valence-corrected chi connectivity index (χ4v) is 2.89. The van der Waals surface area contributed by atoms with E-state index < -0.39 is 0 Å². The Balaban J connectivity index is 1.96. The van der Waals surface area contributed by atoms with Gasteiger partial charge >= 0.3 is 0 Å². The second kappa shape index (κ2) is 7.71. The zero-order chi connectivity index (χ0) is 16.1. The summed E-state index contributed by atoms with van der Waals surface area (Å²) in [5.74, 6) is 6.45. The number of nitrogens with one attached hydrogen (secondary N) is 1. The van der Waals surface area contributed by atoms with Crippen molar-refractivity contribution in [3.8, 4) is 0 Å². The number of carbonyl (C=O) groups excluding carboxylic acids is 1. The van der Waals surface area contributed by atoms with Gasteiger partial charge < -0.3 is 11.2 Å². The van der Waals surface area contributed by atoms with Gasteiger partial charge in [0.15, 0.2) is 5.82 Å². The maximum atomic E-state index is 12.0. The number of para-hydroxylation sites is 1. The lowest BCUT2D eigenvalue weighted by Crippen LogP contribution is -2.17. The summed E-state index contributed by atoms with van der Waals surface area (Å²) in [6.07, 6.45) is 1.66. The van der Waals surface area contributed by atoms with E-state index in [1.807, 2.05) is 6.92 Å². The van der Waals surface area contributed by atoms with Crippen molar-refractivity contribution in [2.75, 3.05) is 16.9 Å². The Morgan fingerprint density at radius 3 is 2.68 bits per heavy atom. The third kappa shape index (κ3) is 4.06. The molecule has 0 spiro atoms. The van der Waals surface area contributed by atoms with Crippen LogP contribution >= 0.6 is 35.0 Å². The number of anilines is 1. The van der Waals surface area contributed by atoms with E-state index in [-0.39, 0.29) is 11.7 Å². The van der Waals surface area contributed by atoms with Gasteiger partial charge in [0, 0.05) is 6.42 Å². The number of nitrogens with two attached hydrogens (primary N) is 1. The molecule has 0 aliphatic carbocycles. The Hall–Kier alpha value is -1.44. The van der Waals surface area contributed by atoms with Crippen LogP contribution in [0.1, 0.15) is 19.2 Å². The largest absolute Gasteiger partial charge is 0.336 e. The van der Waals surface area contributed by atoms with Crippen LogP contribution in [0, 0.1) is 0 Å². The van der Waals surface area contributed by atoms with E-state index in [0.717, 1.165) is 12.8 Å². The first-order valence-electron chi connectivity index (χ1n) is 6.59. The molecule has 2 aromatic rings. The summed E-state index contributed by atoms with van der Waals surface area (Å²) in [6, 6.07) is 5.02. The van der Waals surface area contributed by atoms with E-state index >= 15 is 0 Å². The molecule has 0 bridgehead atoms. The monoisotopic (exact) mass is 359 g/mol. The molecule has 118 valence electrons. The van der Waals surface area contributed by atoms with Crippen molar-refractivity contribution in [3.63, 3.8) is 0 Å². The zero-order valence-corrected chi connectivity index (χ0v) is 14.2. The van der Waals surface area contributed by atoms with Crippen molar-refractivity contribution in [1.82, 2.24) is 14.9 Å². The zero-order valence-electron chi connectivity index (χ0n) is 11.8. The molecule has 0 atom stereocenters. The number of benzene rings is 1. The van der Waals surface area contributed by atoms with Crippen molar-refractivity contribution < 1.29 is 4.79 Å². The molecule has 0 aliphatic heterocycles. The topological polar surface area (TPSA) is 85.8 Å². The Kier molecular flexibility index (Phi) is 5.93. The summed E-state index contributed by atoms with van der Waals surface area (Å²) in [5.41, 5.74) is 0.400. The summed E-state index contributed by atoms with van der Waals surface area (Å²) in [4.78, 5) is 12.0. The predicted octanol–water partition coefficient (Wildman–Crippen LogP) is 2.98. The number of hydrogen-bond donors (Lipinski definition) is 2. The third-order valence-electron chi connectivity index (χ3n) is 2.77. The minimum Gasteiger partial charge on any atom is -0.336 e. The van der Waals surface area contributed by atoms with Crippen LogP contribution in [0.5, 0.6) is 0 Å². The number of hydrogen-bond acceptors (Lipinski definition) is 5. The summed E-state index contributed by atoms with van der Waals surface area (Å²) >= 11 is 13.2. The van der Waals surface area contributed by atoms with E-state index in [0.29, 0.717) is 26.7 Å². The highest BCUT2D eigenvalue weighted by Gasteiger charge is 2.13. The minimum absolute atomic E-state index is 0.128. The van der Waals surface area contributed by atoms with Crippen LogP contribution in [0.25, 0.3) is 0 Å². The molecule has 6 nitrogen and oxygen atoms in total. The molecule has 0 fully saturated rings. The fourth-order valence-electron chi connectivity index (χ4n) is 1.72. The molecule has 0 saturated carbocycles. The second-order valence-electron chi connectivity index (χ2n) is 4.45. The number of rotatable bonds is 6. The predicted molar refractivity (Wildman–Crippen MR) is 90.0 cm³/mol. The first-order valence-corrected chi connectivity index (χ1v) is 8.33. The van der Waals surface area contributed by atoms with Crippen LogP contribution in [0.2, 0.25) is 10.0 Å². The number of thioether (sulfide) groups is 1. The first kappa shape index (κ1) is 16.9. The second-order valence-corrected chi connectivity index (χ2v) is 6.21. The van der Waals surface area contributed by atoms with Gasteiger partial charge in [0.2, 0.25) is 11.1 Å². The molecule has 3 N–H and O–H groups in total. The van der Waals surface area contributed by atoms with Crippen LogP contribution in [0.15, 0.2) is 23.4 Å². The molecule has 0 aliphatic rings. The van der Waals surface area contributed by atoms with Gasteiger partial charge in [-0.05, 0) is 18.6 Å². The van der Waals surface area contributed by atoms with E-state index in [4.69, 9.17) is 29.0 Å². The highest BCUT2D eigenvalue weighted by Crippen LogP contribution is 2.30. The van der Waals surface area contributed by atoms with E-state index in [9.17, 15) is 4.79 Å². The number of carbonyl (C=O) groups is 1. The van der Waals surface area contributed by atoms with Crippen molar-refractivity contribution >= 4 is 46.6 Å². The van der Waals surface area contributed by atoms with Gasteiger partial charge in [-0.3, -0.25) is 4.79 Å². The molecule has 9 heteroatoms. The average molecular weight is 360 g/mol. The van der Waals surface area contributed by atoms with Crippen LogP contribution in [-0.4, -0.2) is 26.5 Å². The van der Waals surface area contributed by atoms with Crippen LogP contribution < -0.4 is 11.2 Å². The molecular weight excluding hydrogens is 345 g/mol. The number of aromatic nitrogens is 3. The highest BCUT2D eigenvalue weighted by molar-refractivity contribution is 7.99. The van der Waals surface area contributed by atoms with Crippen LogP contribution in [-0.2, 0) is 11.2 Å². The van der Waals surface area contributed by atoms with Gasteiger partial charge in [-0.2, -0.15) is 0 Å². The van der Waals surface area contributed by atoms with E-state index in [1.54, 1.807) is 18.2 Å². The molecule has 22 heavy (non-hydrogen) atoms. The average Bonchev–Trinajstić information content (AvgIpc) is 2.82. The van der Waals surface area contributed by atoms with Crippen molar-refractivity contribution in [1.29, 1.82) is 0 Å². The lowest BCUT2D eigenvalue weighted by atomic mass is 10.3. The summed E-state index contributed by atoms with van der Waals surface area (Å²) in [7, 11) is 0. The molecule has 1 heterocycles. The van der Waals surface area contributed by atoms with Crippen molar-refractivity contribution in [2.45, 2.75) is 24.9 Å². The SMILES string of the molecule is CCCc1nnc(SCC(=O)Nc2c(Cl)cccc2Cl)n1N. The number of halogens is 2. The summed E-state index contributed by atoms with van der Waals surface area (Å²) in [6.45, 7) is 2.03. The van der Waals surface area contributed by atoms with Gasteiger partial charge in [0.25, 0.3) is 0 Å². The molecule has 2 rings (SSSR count). The van der Waals surface area contributed by atoms with Gasteiger partial charge in [-0.25, -0.2) is 4.68 Å². The van der Waals surface area contributed by atoms with Crippen molar-refractivity contribution in [3.05, 3.63) is 34.1 Å². The Labute approximate surface area is 142 Å². The Bertz CT molecular complexity index is 656. The molecule has 1 aromatic heterocycles. The Morgan fingerprint density at radius 2 is 2.05 bits per heavy atom. The van der Waals surface area contributed by atoms with Gasteiger partial charge in [0.1, 0.15) is 0 Å². The standard InChI is InChI=1S/C13H15Cl2N5OS/c1-2-4-10-18-19-13(20(10)16)22-7-11(21)17-12-8(14)5-3-6-9(12)15/h3,5-6H,2,4,7,16H2,1H3,(H,17,21). The molecule has 0 unspecified atom stereocenters. The smallest absolute Gasteiger partial charge is 0.234 e. The highest BCUT2D eigenvalue weighted by atomic mass is 35.5. The summed E-state index contributed by atoms with van der Waals surface area (Å²) in [5, 5.41) is 11.9. The number of aryl methyl sites for hydroxylation is 1. The third-order valence-corrected chi connectivity index (χ3v) is 4.34. The number of amides is 1. The van der Waals surface area contributed by atoms with Crippen LogP contribution in [0.4, 0.5) is 5.69 Å². The van der Waals surface area contributed by atoms with Crippen molar-refractivity contribution in [2.24, 2.45) is 0 Å². The first-order chi connectivity index (χ1) is 10.5. The molecule has 1 amide bonds. The summed E-state index contributed by atoms with van der Waals surface area (Å²) < 4.78 is 1.41. The molecule has 1 aromatic carbocycles. The van der Waals surface area contributed by atoms with Gasteiger partial charge in [0.05, 0.1) is 21.5 Å². The molecule has 0 radical (unpaired) electrons. The fraction of sp³-hybridized carbons (Fsp3) is 0.308.